The van der Waals surface area contributed by atoms with Crippen molar-refractivity contribution in [2.24, 2.45) is 11.8 Å². The molecular weight excluding hydrogens is 614 g/mol. The number of benzene rings is 1. The summed E-state index contributed by atoms with van der Waals surface area (Å²) in [5.74, 6) is -3.10. The molecule has 0 saturated carbocycles. The van der Waals surface area contributed by atoms with Gasteiger partial charge in [0.1, 0.15) is 17.7 Å². The zero-order valence-corrected chi connectivity index (χ0v) is 28.5. The number of amides is 3. The maximum atomic E-state index is 14.4. The Morgan fingerprint density at radius 3 is 2.60 bits per heavy atom. The molecular formula is C37H53N3O8. The van der Waals surface area contributed by atoms with Crippen molar-refractivity contribution in [1.29, 1.82) is 0 Å². The summed E-state index contributed by atoms with van der Waals surface area (Å²) in [6, 6.07) is 7.58. The van der Waals surface area contributed by atoms with E-state index in [1.807, 2.05) is 30.3 Å². The number of esters is 1. The quantitative estimate of drug-likeness (QED) is 0.115. The maximum Gasteiger partial charge on any atom is 0.313 e. The summed E-state index contributed by atoms with van der Waals surface area (Å²) < 4.78 is 18.4. The molecule has 3 aliphatic rings. The molecule has 2 N–H and O–H groups in total. The molecule has 48 heavy (non-hydrogen) atoms. The number of carbonyl (C=O) groups is 4. The molecule has 3 fully saturated rings. The van der Waals surface area contributed by atoms with E-state index in [9.17, 15) is 24.3 Å². The van der Waals surface area contributed by atoms with Gasteiger partial charge < -0.3 is 34.4 Å². The Morgan fingerprint density at radius 1 is 1.17 bits per heavy atom. The first-order valence-electron chi connectivity index (χ1n) is 17.4. The number of nitrogens with zero attached hydrogens (tertiary/aromatic N) is 2. The summed E-state index contributed by atoms with van der Waals surface area (Å²) in [5.41, 5.74) is -0.485. The minimum atomic E-state index is -1.15. The minimum absolute atomic E-state index is 0.0487. The van der Waals surface area contributed by atoms with Gasteiger partial charge in [0.15, 0.2) is 0 Å². The second-order valence-electron chi connectivity index (χ2n) is 13.0. The number of aliphatic hydroxyl groups excluding tert-OH is 1. The van der Waals surface area contributed by atoms with E-state index in [-0.39, 0.29) is 37.4 Å². The van der Waals surface area contributed by atoms with E-state index in [4.69, 9.17) is 14.2 Å². The Bertz CT molecular complexity index is 1270. The zero-order chi connectivity index (χ0) is 34.7. The number of aliphatic hydroxyl groups is 1. The molecule has 11 heteroatoms. The number of methoxy groups -OCH3 is 1. The van der Waals surface area contributed by atoms with Crippen molar-refractivity contribution in [3.05, 3.63) is 61.2 Å². The fourth-order valence-corrected chi connectivity index (χ4v) is 7.61. The molecule has 3 aliphatic heterocycles. The van der Waals surface area contributed by atoms with E-state index in [2.05, 4.69) is 25.4 Å². The van der Waals surface area contributed by atoms with Gasteiger partial charge in [0.05, 0.1) is 30.6 Å². The highest BCUT2D eigenvalue weighted by Gasteiger charge is 2.75. The molecule has 0 aliphatic carbocycles. The fourth-order valence-electron chi connectivity index (χ4n) is 7.61. The lowest BCUT2D eigenvalue weighted by atomic mass is 9.70. The Morgan fingerprint density at radius 2 is 1.94 bits per heavy atom. The van der Waals surface area contributed by atoms with Gasteiger partial charge in [-0.25, -0.2) is 0 Å². The fraction of sp³-hybridized carbons (Fsp3) is 0.622. The molecule has 0 unspecified atom stereocenters. The molecule has 1 spiro atoms. The van der Waals surface area contributed by atoms with Crippen molar-refractivity contribution in [2.45, 2.75) is 94.6 Å². The highest BCUT2D eigenvalue weighted by molar-refractivity contribution is 5.98. The van der Waals surface area contributed by atoms with Crippen molar-refractivity contribution in [1.82, 2.24) is 15.1 Å². The number of allylic oxidation sites excluding steroid dienone is 1. The first-order valence-corrected chi connectivity index (χ1v) is 17.4. The Balaban J connectivity index is 1.66. The topological polar surface area (TPSA) is 135 Å². The van der Waals surface area contributed by atoms with Crippen LogP contribution in [-0.2, 0) is 33.4 Å². The summed E-state index contributed by atoms with van der Waals surface area (Å²) in [6.45, 7) is 10.9. The van der Waals surface area contributed by atoms with Crippen LogP contribution in [0.5, 0.6) is 0 Å². The standard InChI is InChI=1S/C37H53N3O8/c1-5-8-18-29(42)38-27(25-46-4)32(26-16-12-10-13-17-26)47-36(45)30-28-19-20-37(48-28)31(30)34(43)40(23-14-11-15-24-41)33(37)35(44)39(21-7-3)22-9-6-2/h5,7,10,12-13,16-17,27-28,30-33,41H,1,3,6,8-9,11,14-15,18-25H2,2,4H3,(H,38,42)/t27-,28+,30-,31-,32-,33+,37-/m0/s1. The molecule has 1 aromatic rings. The molecule has 11 nitrogen and oxygen atoms in total. The molecule has 0 radical (unpaired) electrons. The van der Waals surface area contributed by atoms with Crippen molar-refractivity contribution in [3.63, 3.8) is 0 Å². The number of likely N-dealkylation sites (tertiary alicyclic amines) is 1. The van der Waals surface area contributed by atoms with Gasteiger partial charge in [-0.1, -0.05) is 55.8 Å². The summed E-state index contributed by atoms with van der Waals surface area (Å²) >= 11 is 0. The molecule has 3 heterocycles. The number of hydrogen-bond acceptors (Lipinski definition) is 8. The smallest absolute Gasteiger partial charge is 0.313 e. The third-order valence-corrected chi connectivity index (χ3v) is 9.81. The van der Waals surface area contributed by atoms with Crippen LogP contribution in [0, 0.1) is 11.8 Å². The van der Waals surface area contributed by atoms with E-state index in [0.717, 1.165) is 12.8 Å². The van der Waals surface area contributed by atoms with E-state index in [0.29, 0.717) is 63.7 Å². The van der Waals surface area contributed by atoms with Crippen LogP contribution < -0.4 is 5.32 Å². The number of unbranched alkanes of at least 4 members (excludes halogenated alkanes) is 3. The van der Waals surface area contributed by atoms with Crippen molar-refractivity contribution in [3.8, 4) is 0 Å². The Labute approximate surface area is 284 Å². The summed E-state index contributed by atoms with van der Waals surface area (Å²) in [7, 11) is 1.51. The molecule has 7 atom stereocenters. The number of hydrogen-bond donors (Lipinski definition) is 2. The van der Waals surface area contributed by atoms with E-state index >= 15 is 0 Å². The number of carbonyl (C=O) groups excluding carboxylic acids is 4. The van der Waals surface area contributed by atoms with Crippen LogP contribution >= 0.6 is 0 Å². The third-order valence-electron chi connectivity index (χ3n) is 9.81. The molecule has 3 saturated heterocycles. The van der Waals surface area contributed by atoms with E-state index < -0.39 is 47.7 Å². The molecule has 264 valence electrons. The van der Waals surface area contributed by atoms with Crippen molar-refractivity contribution >= 4 is 23.7 Å². The summed E-state index contributed by atoms with van der Waals surface area (Å²) in [6.07, 6.45) is 7.17. The second kappa shape index (κ2) is 17.7. The van der Waals surface area contributed by atoms with Crippen LogP contribution in [-0.4, -0.2) is 102 Å². The highest BCUT2D eigenvalue weighted by atomic mass is 16.6. The van der Waals surface area contributed by atoms with Gasteiger partial charge >= 0.3 is 5.97 Å². The lowest BCUT2D eigenvalue weighted by Crippen LogP contribution is -2.56. The summed E-state index contributed by atoms with van der Waals surface area (Å²) in [4.78, 5) is 59.3. The van der Waals surface area contributed by atoms with Gasteiger partial charge in [-0.3, -0.25) is 19.2 Å². The number of nitrogens with one attached hydrogen (secondary N) is 1. The van der Waals surface area contributed by atoms with E-state index in [1.54, 1.807) is 22.0 Å². The highest BCUT2D eigenvalue weighted by Crippen LogP contribution is 2.59. The molecule has 0 aromatic heterocycles. The van der Waals surface area contributed by atoms with Gasteiger partial charge in [-0.2, -0.15) is 0 Å². The van der Waals surface area contributed by atoms with Crippen LogP contribution in [0.1, 0.15) is 76.4 Å². The van der Waals surface area contributed by atoms with Gasteiger partial charge in [0, 0.05) is 39.8 Å². The maximum absolute atomic E-state index is 14.4. The van der Waals surface area contributed by atoms with Gasteiger partial charge in [-0.15, -0.1) is 13.2 Å². The van der Waals surface area contributed by atoms with E-state index in [1.165, 1.54) is 7.11 Å². The first-order chi connectivity index (χ1) is 23.3. The molecule has 4 rings (SSSR count). The van der Waals surface area contributed by atoms with Crippen LogP contribution in [0.4, 0.5) is 0 Å². The number of fused-ring (bicyclic) bond motifs is 1. The second-order valence-corrected chi connectivity index (χ2v) is 13.0. The van der Waals surface area contributed by atoms with Crippen molar-refractivity contribution in [2.75, 3.05) is 40.0 Å². The predicted molar refractivity (Wildman–Crippen MR) is 180 cm³/mol. The Kier molecular flexibility index (Phi) is 13.8. The van der Waals surface area contributed by atoms with Gasteiger partial charge in [0.2, 0.25) is 17.7 Å². The molecule has 2 bridgehead atoms. The largest absolute Gasteiger partial charge is 0.455 e. The normalized spacial score (nSPS) is 25.3. The zero-order valence-electron chi connectivity index (χ0n) is 28.5. The van der Waals surface area contributed by atoms with Crippen molar-refractivity contribution < 1.29 is 38.5 Å². The van der Waals surface area contributed by atoms with Crippen LogP contribution in [0.25, 0.3) is 0 Å². The van der Waals surface area contributed by atoms with Crippen LogP contribution in [0.15, 0.2) is 55.6 Å². The van der Waals surface area contributed by atoms with Crippen LogP contribution in [0.2, 0.25) is 0 Å². The monoisotopic (exact) mass is 667 g/mol. The summed E-state index contributed by atoms with van der Waals surface area (Å²) in [5, 5.41) is 12.3. The minimum Gasteiger partial charge on any atom is -0.455 e. The lowest BCUT2D eigenvalue weighted by Gasteiger charge is -2.37. The number of rotatable bonds is 21. The van der Waals surface area contributed by atoms with Gasteiger partial charge in [0.25, 0.3) is 0 Å². The average molecular weight is 668 g/mol. The Hall–Kier alpha value is -3.54. The first kappa shape index (κ1) is 37.3. The van der Waals surface area contributed by atoms with Gasteiger partial charge in [-0.05, 0) is 50.5 Å². The SMILES string of the molecule is C=CCCC(=O)N[C@@H](COC)[C@@H](OC(=O)[C@@H]1[C@H]2C(=O)N(CCCCCO)[C@H](C(=O)N(CC=C)CCCC)[C@]23CC[C@H]1O3)c1ccccc1. The predicted octanol–water partition coefficient (Wildman–Crippen LogP) is 3.72. The third kappa shape index (κ3) is 8.01. The number of ether oxygens (including phenoxy) is 3. The lowest BCUT2D eigenvalue weighted by molar-refractivity contribution is -0.163. The molecule has 1 aromatic carbocycles. The van der Waals surface area contributed by atoms with Crippen LogP contribution in [0.3, 0.4) is 0 Å². The average Bonchev–Trinajstić information content (AvgIpc) is 3.73. The molecule has 3 amide bonds.